The van der Waals surface area contributed by atoms with Crippen LogP contribution < -0.4 is 5.73 Å². The lowest BCUT2D eigenvalue weighted by Crippen LogP contribution is -2.38. The molecule has 1 aromatic rings. The minimum Gasteiger partial charge on any atom is -0.399 e. The SMILES string of the molecule is CC1CCCCCN1S(=O)(=O)c1cc(N)ccc1F. The van der Waals surface area contributed by atoms with Crippen molar-refractivity contribution in [1.82, 2.24) is 4.31 Å². The summed E-state index contributed by atoms with van der Waals surface area (Å²) >= 11 is 0. The van der Waals surface area contributed by atoms with E-state index in [4.69, 9.17) is 5.73 Å². The van der Waals surface area contributed by atoms with Crippen molar-refractivity contribution in [2.75, 3.05) is 12.3 Å². The minimum absolute atomic E-state index is 0.103. The van der Waals surface area contributed by atoms with Gasteiger partial charge in [0.25, 0.3) is 0 Å². The molecule has 19 heavy (non-hydrogen) atoms. The molecule has 4 nitrogen and oxygen atoms in total. The molecule has 2 N–H and O–H groups in total. The number of nitrogen functional groups attached to an aromatic ring is 1. The molecule has 1 aliphatic rings. The molecule has 1 aliphatic heterocycles. The van der Waals surface area contributed by atoms with Gasteiger partial charge >= 0.3 is 0 Å². The van der Waals surface area contributed by atoms with Gasteiger partial charge in [-0.2, -0.15) is 4.31 Å². The second kappa shape index (κ2) is 5.46. The highest BCUT2D eigenvalue weighted by Crippen LogP contribution is 2.27. The molecule has 0 saturated carbocycles. The monoisotopic (exact) mass is 286 g/mol. The second-order valence-corrected chi connectivity index (χ2v) is 6.86. The summed E-state index contributed by atoms with van der Waals surface area (Å²) in [5.41, 5.74) is 5.82. The van der Waals surface area contributed by atoms with E-state index in [1.165, 1.54) is 16.4 Å². The Morgan fingerprint density at radius 2 is 2.05 bits per heavy atom. The van der Waals surface area contributed by atoms with Crippen LogP contribution >= 0.6 is 0 Å². The van der Waals surface area contributed by atoms with E-state index in [0.717, 1.165) is 31.7 Å². The number of benzene rings is 1. The van der Waals surface area contributed by atoms with E-state index in [-0.39, 0.29) is 16.6 Å². The summed E-state index contributed by atoms with van der Waals surface area (Å²) in [4.78, 5) is -0.318. The number of nitrogens with zero attached hydrogens (tertiary/aromatic N) is 1. The van der Waals surface area contributed by atoms with Crippen molar-refractivity contribution < 1.29 is 12.8 Å². The highest BCUT2D eigenvalue weighted by atomic mass is 32.2. The second-order valence-electron chi connectivity index (χ2n) is 5.00. The average molecular weight is 286 g/mol. The van der Waals surface area contributed by atoms with Gasteiger partial charge in [0.2, 0.25) is 10.0 Å². The Morgan fingerprint density at radius 1 is 1.32 bits per heavy atom. The number of nitrogens with two attached hydrogens (primary N) is 1. The molecule has 0 spiro atoms. The lowest BCUT2D eigenvalue weighted by Gasteiger charge is -2.26. The first kappa shape index (κ1) is 14.3. The van der Waals surface area contributed by atoms with Gasteiger partial charge in [0.1, 0.15) is 10.7 Å². The first-order chi connectivity index (χ1) is 8.93. The van der Waals surface area contributed by atoms with Crippen LogP contribution in [0.25, 0.3) is 0 Å². The van der Waals surface area contributed by atoms with Crippen LogP contribution in [0.5, 0.6) is 0 Å². The molecule has 6 heteroatoms. The Labute approximate surface area is 113 Å². The fourth-order valence-corrected chi connectivity index (χ4v) is 4.25. The Morgan fingerprint density at radius 3 is 2.79 bits per heavy atom. The van der Waals surface area contributed by atoms with Crippen molar-refractivity contribution in [1.29, 1.82) is 0 Å². The van der Waals surface area contributed by atoms with Gasteiger partial charge < -0.3 is 5.73 Å². The molecule has 1 aromatic carbocycles. The molecule has 1 atom stereocenters. The summed E-state index contributed by atoms with van der Waals surface area (Å²) in [6.07, 6.45) is 3.64. The molecule has 1 fully saturated rings. The Kier molecular flexibility index (Phi) is 4.10. The predicted octanol–water partition coefficient (Wildman–Crippen LogP) is 2.36. The van der Waals surface area contributed by atoms with Gasteiger partial charge in [-0.25, -0.2) is 12.8 Å². The number of hydrogen-bond donors (Lipinski definition) is 1. The molecule has 1 heterocycles. The largest absolute Gasteiger partial charge is 0.399 e. The predicted molar refractivity (Wildman–Crippen MR) is 72.6 cm³/mol. The van der Waals surface area contributed by atoms with Crippen LogP contribution in [0.2, 0.25) is 0 Å². The van der Waals surface area contributed by atoms with Crippen LogP contribution in [0.3, 0.4) is 0 Å². The summed E-state index contributed by atoms with van der Waals surface area (Å²) in [6, 6.07) is 3.56. The fraction of sp³-hybridized carbons (Fsp3) is 0.538. The van der Waals surface area contributed by atoms with E-state index in [2.05, 4.69) is 0 Å². The van der Waals surface area contributed by atoms with Gasteiger partial charge in [0.05, 0.1) is 0 Å². The van der Waals surface area contributed by atoms with Crippen molar-refractivity contribution in [2.45, 2.75) is 43.5 Å². The molecular formula is C13H19FN2O2S. The van der Waals surface area contributed by atoms with E-state index >= 15 is 0 Å². The molecule has 106 valence electrons. The van der Waals surface area contributed by atoms with Crippen LogP contribution in [-0.2, 0) is 10.0 Å². The van der Waals surface area contributed by atoms with Crippen LogP contribution in [0.15, 0.2) is 23.1 Å². The summed E-state index contributed by atoms with van der Waals surface area (Å²) in [6.45, 7) is 2.31. The number of sulfonamides is 1. The third kappa shape index (κ3) is 2.90. The number of halogens is 1. The van der Waals surface area contributed by atoms with Gasteiger partial charge in [-0.05, 0) is 38.0 Å². The highest BCUT2D eigenvalue weighted by Gasteiger charge is 2.32. The zero-order valence-electron chi connectivity index (χ0n) is 11.0. The van der Waals surface area contributed by atoms with E-state index in [1.807, 2.05) is 6.92 Å². The molecule has 2 rings (SSSR count). The summed E-state index contributed by atoms with van der Waals surface area (Å²) in [5.74, 6) is -0.745. The van der Waals surface area contributed by atoms with E-state index < -0.39 is 15.8 Å². The van der Waals surface area contributed by atoms with Crippen LogP contribution in [-0.4, -0.2) is 25.3 Å². The lowest BCUT2D eigenvalue weighted by atomic mass is 10.1. The van der Waals surface area contributed by atoms with Crippen molar-refractivity contribution in [3.63, 3.8) is 0 Å². The van der Waals surface area contributed by atoms with Crippen molar-refractivity contribution in [3.8, 4) is 0 Å². The van der Waals surface area contributed by atoms with Gasteiger partial charge in [-0.3, -0.25) is 0 Å². The lowest BCUT2D eigenvalue weighted by molar-refractivity contribution is 0.340. The topological polar surface area (TPSA) is 63.4 Å². The smallest absolute Gasteiger partial charge is 0.246 e. The Hall–Kier alpha value is -1.14. The molecular weight excluding hydrogens is 267 g/mol. The maximum atomic E-state index is 13.8. The van der Waals surface area contributed by atoms with Gasteiger partial charge in [0, 0.05) is 18.3 Å². The summed E-state index contributed by atoms with van der Waals surface area (Å²) < 4.78 is 40.3. The summed E-state index contributed by atoms with van der Waals surface area (Å²) in [7, 11) is -3.81. The standard InChI is InChI=1S/C13H19FN2O2S/c1-10-5-3-2-4-8-16(10)19(17,18)13-9-11(15)6-7-12(13)14/h6-7,9-10H,2-5,8,15H2,1H3. The van der Waals surface area contributed by atoms with E-state index in [1.54, 1.807) is 0 Å². The first-order valence-corrected chi connectivity index (χ1v) is 7.94. The average Bonchev–Trinajstić information content (AvgIpc) is 2.57. The molecule has 1 unspecified atom stereocenters. The normalized spacial score (nSPS) is 22.1. The van der Waals surface area contributed by atoms with Gasteiger partial charge in [0.15, 0.2) is 0 Å². The maximum absolute atomic E-state index is 13.8. The zero-order valence-corrected chi connectivity index (χ0v) is 11.8. The van der Waals surface area contributed by atoms with Gasteiger partial charge in [-0.1, -0.05) is 12.8 Å². The molecule has 0 bridgehead atoms. The molecule has 1 saturated heterocycles. The van der Waals surface area contributed by atoms with Crippen molar-refractivity contribution in [2.24, 2.45) is 0 Å². The fourth-order valence-electron chi connectivity index (χ4n) is 2.45. The Balaban J connectivity index is 2.43. The van der Waals surface area contributed by atoms with Crippen LogP contribution in [0.1, 0.15) is 32.6 Å². The molecule has 0 radical (unpaired) electrons. The quantitative estimate of drug-likeness (QED) is 0.849. The van der Waals surface area contributed by atoms with E-state index in [9.17, 15) is 12.8 Å². The zero-order chi connectivity index (χ0) is 14.0. The molecule has 0 aliphatic carbocycles. The van der Waals surface area contributed by atoms with E-state index in [0.29, 0.717) is 6.54 Å². The van der Waals surface area contributed by atoms with Crippen molar-refractivity contribution >= 4 is 15.7 Å². The van der Waals surface area contributed by atoms with Crippen LogP contribution in [0, 0.1) is 5.82 Å². The third-order valence-electron chi connectivity index (χ3n) is 3.53. The van der Waals surface area contributed by atoms with Gasteiger partial charge in [-0.15, -0.1) is 0 Å². The third-order valence-corrected chi connectivity index (χ3v) is 5.56. The molecule has 0 amide bonds. The highest BCUT2D eigenvalue weighted by molar-refractivity contribution is 7.89. The Bertz CT molecular complexity index is 560. The minimum atomic E-state index is -3.81. The maximum Gasteiger partial charge on any atom is 0.246 e. The van der Waals surface area contributed by atoms with Crippen molar-refractivity contribution in [3.05, 3.63) is 24.0 Å². The molecule has 0 aromatic heterocycles. The number of rotatable bonds is 2. The first-order valence-electron chi connectivity index (χ1n) is 6.50. The summed E-state index contributed by atoms with van der Waals surface area (Å²) in [5, 5.41) is 0. The number of hydrogen-bond acceptors (Lipinski definition) is 3. The number of anilines is 1. The van der Waals surface area contributed by atoms with Crippen LogP contribution in [0.4, 0.5) is 10.1 Å².